The minimum Gasteiger partial charge on any atom is -0.490 e. The van der Waals surface area contributed by atoms with Gasteiger partial charge in [-0.3, -0.25) is 4.79 Å². The zero-order chi connectivity index (χ0) is 11.7. The number of benzene rings is 1. The van der Waals surface area contributed by atoms with Crippen LogP contribution in [0, 0.1) is 0 Å². The lowest BCUT2D eigenvalue weighted by Gasteiger charge is -2.26. The van der Waals surface area contributed by atoms with E-state index in [4.69, 9.17) is 15.6 Å². The van der Waals surface area contributed by atoms with Gasteiger partial charge in [0.2, 0.25) is 0 Å². The molecule has 4 heteroatoms. The van der Waals surface area contributed by atoms with E-state index in [1.807, 2.05) is 19.1 Å². The van der Waals surface area contributed by atoms with E-state index in [9.17, 15) is 4.79 Å². The van der Waals surface area contributed by atoms with Crippen LogP contribution < -0.4 is 10.5 Å². The molecular weight excluding hydrogens is 206 g/mol. The van der Waals surface area contributed by atoms with Crippen LogP contribution in [0.15, 0.2) is 18.2 Å². The minimum atomic E-state index is -1.03. The van der Waals surface area contributed by atoms with Crippen molar-refractivity contribution in [3.8, 4) is 5.75 Å². The van der Waals surface area contributed by atoms with Gasteiger partial charge in [-0.25, -0.2) is 0 Å². The van der Waals surface area contributed by atoms with Gasteiger partial charge in [0.15, 0.2) is 0 Å². The van der Waals surface area contributed by atoms with Gasteiger partial charge < -0.3 is 15.6 Å². The summed E-state index contributed by atoms with van der Waals surface area (Å²) in [6.07, 6.45) is 1.99. The number of aliphatic carboxylic acids is 1. The molecule has 0 aromatic heterocycles. The van der Waals surface area contributed by atoms with Crippen molar-refractivity contribution in [3.63, 3.8) is 0 Å². The number of rotatable bonds is 2. The van der Waals surface area contributed by atoms with Crippen molar-refractivity contribution in [1.29, 1.82) is 0 Å². The molecule has 0 amide bonds. The van der Waals surface area contributed by atoms with E-state index in [2.05, 4.69) is 0 Å². The normalized spacial score (nSPS) is 20.8. The third-order valence-electron chi connectivity index (χ3n) is 2.87. The highest BCUT2D eigenvalue weighted by Crippen LogP contribution is 2.34. The highest BCUT2D eigenvalue weighted by molar-refractivity contribution is 5.76. The molecule has 2 unspecified atom stereocenters. The predicted octanol–water partition coefficient (Wildman–Crippen LogP) is 1.48. The van der Waals surface area contributed by atoms with Crippen LogP contribution in [-0.2, 0) is 11.2 Å². The molecule has 0 fully saturated rings. The van der Waals surface area contributed by atoms with Gasteiger partial charge in [0, 0.05) is 5.56 Å². The summed E-state index contributed by atoms with van der Waals surface area (Å²) < 4.78 is 5.69. The Kier molecular flexibility index (Phi) is 2.83. The summed E-state index contributed by atoms with van der Waals surface area (Å²) in [6.45, 7) is 1.98. The van der Waals surface area contributed by atoms with Crippen molar-refractivity contribution < 1.29 is 14.6 Å². The highest BCUT2D eigenvalue weighted by atomic mass is 16.5. The number of carboxylic acids is 1. The number of carbonyl (C=O) groups is 1. The maximum absolute atomic E-state index is 10.9. The molecule has 0 saturated heterocycles. The van der Waals surface area contributed by atoms with Crippen molar-refractivity contribution >= 4 is 5.97 Å². The Morgan fingerprint density at radius 3 is 3.06 bits per heavy atom. The first kappa shape index (κ1) is 11.0. The van der Waals surface area contributed by atoms with Crippen LogP contribution in [0.2, 0.25) is 0 Å². The maximum atomic E-state index is 10.9. The van der Waals surface area contributed by atoms with Crippen LogP contribution in [-0.4, -0.2) is 17.2 Å². The summed E-state index contributed by atoms with van der Waals surface area (Å²) in [7, 11) is 0. The monoisotopic (exact) mass is 221 g/mol. The number of carboxylic acid groups (broad SMARTS) is 1. The smallest absolute Gasteiger partial charge is 0.325 e. The van der Waals surface area contributed by atoms with Crippen LogP contribution in [0.1, 0.15) is 30.5 Å². The van der Waals surface area contributed by atoms with Crippen LogP contribution in [0.4, 0.5) is 0 Å². The van der Waals surface area contributed by atoms with E-state index in [1.54, 1.807) is 6.07 Å². The van der Waals surface area contributed by atoms with E-state index in [1.165, 1.54) is 0 Å². The number of aryl methyl sites for hydroxylation is 1. The molecule has 1 aliphatic heterocycles. The molecule has 1 aliphatic rings. The summed E-state index contributed by atoms with van der Waals surface area (Å²) in [5.41, 5.74) is 7.24. The van der Waals surface area contributed by atoms with Gasteiger partial charge in [-0.1, -0.05) is 18.2 Å². The van der Waals surface area contributed by atoms with Gasteiger partial charge in [0.1, 0.15) is 11.8 Å². The van der Waals surface area contributed by atoms with Gasteiger partial charge in [-0.15, -0.1) is 0 Å². The predicted molar refractivity (Wildman–Crippen MR) is 59.4 cm³/mol. The van der Waals surface area contributed by atoms with E-state index in [0.717, 1.165) is 18.4 Å². The third-order valence-corrected chi connectivity index (χ3v) is 2.87. The molecule has 0 aliphatic carbocycles. The molecule has 16 heavy (non-hydrogen) atoms. The Labute approximate surface area is 94.0 Å². The summed E-state index contributed by atoms with van der Waals surface area (Å²) in [5.74, 6) is -0.369. The van der Waals surface area contributed by atoms with E-state index < -0.39 is 12.0 Å². The summed E-state index contributed by atoms with van der Waals surface area (Å²) in [5, 5.41) is 8.92. The second kappa shape index (κ2) is 4.14. The lowest BCUT2D eigenvalue weighted by molar-refractivity contribution is -0.138. The third kappa shape index (κ3) is 1.88. The SMILES string of the molecule is CC1CCc2cccc(C(N)C(=O)O)c2O1. The molecule has 2 atom stereocenters. The van der Waals surface area contributed by atoms with E-state index in [-0.39, 0.29) is 6.10 Å². The molecule has 1 aromatic rings. The van der Waals surface area contributed by atoms with Crippen LogP contribution >= 0.6 is 0 Å². The maximum Gasteiger partial charge on any atom is 0.325 e. The van der Waals surface area contributed by atoms with Crippen molar-refractivity contribution in [2.24, 2.45) is 5.73 Å². The van der Waals surface area contributed by atoms with Gasteiger partial charge >= 0.3 is 5.97 Å². The number of nitrogens with two attached hydrogens (primary N) is 1. The molecular formula is C12H15NO3. The fraction of sp³-hybridized carbons (Fsp3) is 0.417. The lowest BCUT2D eigenvalue weighted by atomic mass is 9.96. The van der Waals surface area contributed by atoms with Crippen molar-refractivity contribution in [3.05, 3.63) is 29.3 Å². The number of para-hydroxylation sites is 1. The highest BCUT2D eigenvalue weighted by Gasteiger charge is 2.24. The average Bonchev–Trinajstić information content (AvgIpc) is 2.27. The molecule has 0 saturated carbocycles. The first-order valence-corrected chi connectivity index (χ1v) is 5.36. The first-order chi connectivity index (χ1) is 7.59. The van der Waals surface area contributed by atoms with Crippen molar-refractivity contribution in [2.75, 3.05) is 0 Å². The Hall–Kier alpha value is -1.55. The summed E-state index contributed by atoms with van der Waals surface area (Å²) in [6, 6.07) is 4.49. The van der Waals surface area contributed by atoms with Crippen LogP contribution in [0.5, 0.6) is 5.75 Å². The number of hydrogen-bond acceptors (Lipinski definition) is 3. The van der Waals surface area contributed by atoms with Gasteiger partial charge in [0.25, 0.3) is 0 Å². The standard InChI is InChI=1S/C12H15NO3/c1-7-5-6-8-3-2-4-9(11(8)16-7)10(13)12(14)15/h2-4,7,10H,5-6,13H2,1H3,(H,14,15). The Balaban J connectivity index is 2.43. The number of hydrogen-bond donors (Lipinski definition) is 2. The fourth-order valence-electron chi connectivity index (χ4n) is 1.94. The van der Waals surface area contributed by atoms with Gasteiger partial charge in [0.05, 0.1) is 6.10 Å². The zero-order valence-electron chi connectivity index (χ0n) is 9.14. The fourth-order valence-corrected chi connectivity index (χ4v) is 1.94. The molecule has 1 heterocycles. The second-order valence-corrected chi connectivity index (χ2v) is 4.12. The Morgan fingerprint density at radius 2 is 2.38 bits per heavy atom. The number of ether oxygens (including phenoxy) is 1. The van der Waals surface area contributed by atoms with Crippen molar-refractivity contribution in [2.45, 2.75) is 31.9 Å². The summed E-state index contributed by atoms with van der Waals surface area (Å²) in [4.78, 5) is 10.9. The molecule has 1 aromatic carbocycles. The van der Waals surface area contributed by atoms with Crippen LogP contribution in [0.25, 0.3) is 0 Å². The molecule has 86 valence electrons. The zero-order valence-corrected chi connectivity index (χ0v) is 9.14. The molecule has 0 spiro atoms. The van der Waals surface area contributed by atoms with Crippen molar-refractivity contribution in [1.82, 2.24) is 0 Å². The quantitative estimate of drug-likeness (QED) is 0.793. The van der Waals surface area contributed by atoms with Crippen LogP contribution in [0.3, 0.4) is 0 Å². The Morgan fingerprint density at radius 1 is 1.62 bits per heavy atom. The Bertz CT molecular complexity index is 417. The molecule has 3 N–H and O–H groups in total. The van der Waals surface area contributed by atoms with E-state index in [0.29, 0.717) is 11.3 Å². The number of fused-ring (bicyclic) bond motifs is 1. The summed E-state index contributed by atoms with van der Waals surface area (Å²) >= 11 is 0. The average molecular weight is 221 g/mol. The van der Waals surface area contributed by atoms with E-state index >= 15 is 0 Å². The topological polar surface area (TPSA) is 72.6 Å². The molecule has 2 rings (SSSR count). The first-order valence-electron chi connectivity index (χ1n) is 5.36. The minimum absolute atomic E-state index is 0.120. The molecule has 4 nitrogen and oxygen atoms in total. The largest absolute Gasteiger partial charge is 0.490 e. The molecule has 0 radical (unpaired) electrons. The second-order valence-electron chi connectivity index (χ2n) is 4.12. The van der Waals surface area contributed by atoms with Gasteiger partial charge in [-0.2, -0.15) is 0 Å². The molecule has 0 bridgehead atoms. The lowest BCUT2D eigenvalue weighted by Crippen LogP contribution is -2.25. The van der Waals surface area contributed by atoms with Gasteiger partial charge in [-0.05, 0) is 25.3 Å².